The van der Waals surface area contributed by atoms with E-state index in [-0.39, 0.29) is 0 Å². The fourth-order valence-electron chi connectivity index (χ4n) is 8.55. The van der Waals surface area contributed by atoms with E-state index in [9.17, 15) is 0 Å². The first-order valence-corrected chi connectivity index (χ1v) is 17.1. The Morgan fingerprint density at radius 2 is 1.06 bits per heavy atom. The lowest BCUT2D eigenvalue weighted by atomic mass is 9.97. The molecule has 4 aromatic heterocycles. The van der Waals surface area contributed by atoms with Gasteiger partial charge in [0.2, 0.25) is 0 Å². The van der Waals surface area contributed by atoms with Crippen LogP contribution in [0.1, 0.15) is 0 Å². The van der Waals surface area contributed by atoms with E-state index in [2.05, 4.69) is 155 Å². The standard InChI is InChI=1S/C46H26N4/c1-2-13-32(14-3-1)49-40-20-19-30(23-34(40)35-22-28-11-4-5-12-29(28)26-42(35)49)31-24-36-43-33-15-7-6-10-27(33)18-21-41(43)50-45(36)37(25-31)44-46(50)48-39-17-9-8-16-38(39)47-44/h1-26H. The van der Waals surface area contributed by atoms with Crippen LogP contribution in [-0.4, -0.2) is 18.9 Å². The van der Waals surface area contributed by atoms with Crippen molar-refractivity contribution in [1.82, 2.24) is 18.9 Å². The Balaban J connectivity index is 1.22. The molecule has 230 valence electrons. The Bertz CT molecular complexity index is 3360. The lowest BCUT2D eigenvalue weighted by Crippen LogP contribution is -1.93. The number of para-hydroxylation sites is 3. The Hall–Kier alpha value is -6.78. The molecule has 8 aromatic carbocycles. The Morgan fingerprint density at radius 1 is 0.400 bits per heavy atom. The summed E-state index contributed by atoms with van der Waals surface area (Å²) in [6.07, 6.45) is 0. The van der Waals surface area contributed by atoms with Gasteiger partial charge in [0.15, 0.2) is 5.65 Å². The zero-order chi connectivity index (χ0) is 32.5. The molecule has 0 spiro atoms. The van der Waals surface area contributed by atoms with E-state index in [1.807, 2.05) is 12.1 Å². The molecule has 50 heavy (non-hydrogen) atoms. The monoisotopic (exact) mass is 634 g/mol. The number of rotatable bonds is 2. The summed E-state index contributed by atoms with van der Waals surface area (Å²) in [7, 11) is 0. The van der Waals surface area contributed by atoms with Gasteiger partial charge >= 0.3 is 0 Å². The van der Waals surface area contributed by atoms with Gasteiger partial charge in [-0.25, -0.2) is 9.97 Å². The Kier molecular flexibility index (Phi) is 4.94. The van der Waals surface area contributed by atoms with E-state index in [1.165, 1.54) is 70.8 Å². The largest absolute Gasteiger partial charge is 0.309 e. The predicted octanol–water partition coefficient (Wildman–Crippen LogP) is 11.9. The molecule has 0 aliphatic rings. The average molecular weight is 635 g/mol. The lowest BCUT2D eigenvalue weighted by Gasteiger charge is -2.09. The SMILES string of the molecule is c1ccc(-n2c3ccc(-c4cc5c6nc7ccccc7nc6n6c7ccc8ccccc8c7c(c4)c56)cc3c3cc4ccccc4cc32)cc1. The summed E-state index contributed by atoms with van der Waals surface area (Å²) in [6, 6.07) is 57.1. The van der Waals surface area contributed by atoms with Crippen molar-refractivity contribution in [2.24, 2.45) is 0 Å². The van der Waals surface area contributed by atoms with Crippen LogP contribution in [-0.2, 0) is 0 Å². The van der Waals surface area contributed by atoms with Crippen molar-refractivity contribution in [3.63, 3.8) is 0 Å². The highest BCUT2D eigenvalue weighted by Gasteiger charge is 2.23. The van der Waals surface area contributed by atoms with Crippen molar-refractivity contribution in [2.45, 2.75) is 0 Å². The Labute approximate surface area is 285 Å². The van der Waals surface area contributed by atoms with Gasteiger partial charge < -0.3 is 4.57 Å². The summed E-state index contributed by atoms with van der Waals surface area (Å²) in [4.78, 5) is 10.5. The van der Waals surface area contributed by atoms with Gasteiger partial charge in [-0.1, -0.05) is 91.0 Å². The maximum Gasteiger partial charge on any atom is 0.165 e. The predicted molar refractivity (Wildman–Crippen MR) is 209 cm³/mol. The van der Waals surface area contributed by atoms with Crippen molar-refractivity contribution < 1.29 is 0 Å². The fraction of sp³-hybridized carbons (Fsp3) is 0. The van der Waals surface area contributed by atoms with E-state index >= 15 is 0 Å². The maximum atomic E-state index is 5.24. The number of hydrogen-bond donors (Lipinski definition) is 0. The van der Waals surface area contributed by atoms with E-state index in [0.29, 0.717) is 0 Å². The quantitative estimate of drug-likeness (QED) is 0.190. The number of fused-ring (bicyclic) bond motifs is 13. The molecule has 0 fully saturated rings. The molecular weight excluding hydrogens is 609 g/mol. The summed E-state index contributed by atoms with van der Waals surface area (Å²) in [5.41, 5.74) is 11.9. The minimum absolute atomic E-state index is 0.902. The minimum Gasteiger partial charge on any atom is -0.309 e. The van der Waals surface area contributed by atoms with Gasteiger partial charge in [-0.3, -0.25) is 4.40 Å². The second-order valence-electron chi connectivity index (χ2n) is 13.4. The second-order valence-corrected chi connectivity index (χ2v) is 13.4. The third-order valence-corrected chi connectivity index (χ3v) is 10.8. The highest BCUT2D eigenvalue weighted by molar-refractivity contribution is 6.29. The van der Waals surface area contributed by atoms with Crippen LogP contribution >= 0.6 is 0 Å². The van der Waals surface area contributed by atoms with Gasteiger partial charge in [-0.05, 0) is 99.4 Å². The third-order valence-electron chi connectivity index (χ3n) is 10.8. The first kappa shape index (κ1) is 26.2. The normalized spacial score (nSPS) is 12.4. The van der Waals surface area contributed by atoms with Crippen LogP contribution in [0.4, 0.5) is 0 Å². The van der Waals surface area contributed by atoms with Crippen molar-refractivity contribution in [2.75, 3.05) is 0 Å². The summed E-state index contributed by atoms with van der Waals surface area (Å²) in [5, 5.41) is 11.1. The smallest absolute Gasteiger partial charge is 0.165 e. The first-order chi connectivity index (χ1) is 24.8. The van der Waals surface area contributed by atoms with Crippen molar-refractivity contribution in [1.29, 1.82) is 0 Å². The van der Waals surface area contributed by atoms with Crippen LogP contribution in [0.5, 0.6) is 0 Å². The molecule has 0 bridgehead atoms. The molecule has 0 unspecified atom stereocenters. The number of nitrogens with zero attached hydrogens (tertiary/aromatic N) is 4. The Morgan fingerprint density at radius 3 is 1.92 bits per heavy atom. The van der Waals surface area contributed by atoms with Crippen LogP contribution in [0.3, 0.4) is 0 Å². The average Bonchev–Trinajstić information content (AvgIpc) is 3.80. The number of aromatic nitrogens is 4. The van der Waals surface area contributed by atoms with Crippen LogP contribution in [0.25, 0.3) is 110 Å². The first-order valence-electron chi connectivity index (χ1n) is 17.1. The lowest BCUT2D eigenvalue weighted by molar-refractivity contribution is 1.18. The van der Waals surface area contributed by atoms with Gasteiger partial charge in [-0.2, -0.15) is 0 Å². The molecule has 12 aromatic rings. The topological polar surface area (TPSA) is 35.1 Å². The van der Waals surface area contributed by atoms with Crippen LogP contribution in [0, 0.1) is 0 Å². The van der Waals surface area contributed by atoms with Gasteiger partial charge in [0.1, 0.15) is 5.52 Å². The van der Waals surface area contributed by atoms with Crippen LogP contribution in [0.2, 0.25) is 0 Å². The number of benzene rings is 8. The van der Waals surface area contributed by atoms with Crippen molar-refractivity contribution in [3.8, 4) is 16.8 Å². The van der Waals surface area contributed by atoms with E-state index in [4.69, 9.17) is 9.97 Å². The van der Waals surface area contributed by atoms with E-state index in [1.54, 1.807) is 0 Å². The zero-order valence-corrected chi connectivity index (χ0v) is 26.8. The number of hydrogen-bond acceptors (Lipinski definition) is 2. The van der Waals surface area contributed by atoms with Gasteiger partial charge in [-0.15, -0.1) is 0 Å². The van der Waals surface area contributed by atoms with Gasteiger partial charge in [0.05, 0.1) is 33.1 Å². The van der Waals surface area contributed by atoms with Crippen LogP contribution < -0.4 is 0 Å². The van der Waals surface area contributed by atoms with Crippen molar-refractivity contribution in [3.05, 3.63) is 158 Å². The molecular formula is C46H26N4. The van der Waals surface area contributed by atoms with Gasteiger partial charge in [0.25, 0.3) is 0 Å². The van der Waals surface area contributed by atoms with Crippen molar-refractivity contribution >= 4 is 92.7 Å². The summed E-state index contributed by atoms with van der Waals surface area (Å²) < 4.78 is 4.74. The molecule has 0 atom stereocenters. The minimum atomic E-state index is 0.902. The van der Waals surface area contributed by atoms with Gasteiger partial charge in [0, 0.05) is 32.6 Å². The summed E-state index contributed by atoms with van der Waals surface area (Å²) in [6.45, 7) is 0. The summed E-state index contributed by atoms with van der Waals surface area (Å²) in [5.74, 6) is 0. The molecule has 0 radical (unpaired) electrons. The molecule has 0 N–H and O–H groups in total. The molecule has 4 heterocycles. The second kappa shape index (κ2) is 9.43. The molecule has 0 amide bonds. The molecule has 0 saturated heterocycles. The molecule has 12 rings (SSSR count). The highest BCUT2D eigenvalue weighted by Crippen LogP contribution is 2.44. The molecule has 0 saturated carbocycles. The molecule has 4 heteroatoms. The summed E-state index contributed by atoms with van der Waals surface area (Å²) >= 11 is 0. The maximum absolute atomic E-state index is 5.24. The third kappa shape index (κ3) is 3.39. The highest BCUT2D eigenvalue weighted by atomic mass is 15.0. The molecule has 0 aliphatic carbocycles. The zero-order valence-electron chi connectivity index (χ0n) is 26.8. The molecule has 4 nitrogen and oxygen atoms in total. The molecule has 0 aliphatic heterocycles. The fourth-order valence-corrected chi connectivity index (χ4v) is 8.55. The van der Waals surface area contributed by atoms with Crippen LogP contribution in [0.15, 0.2) is 158 Å². The van der Waals surface area contributed by atoms with E-state index < -0.39 is 0 Å². The van der Waals surface area contributed by atoms with E-state index in [0.717, 1.165) is 38.8 Å².